The van der Waals surface area contributed by atoms with E-state index in [1.165, 1.54) is 4.90 Å². The van der Waals surface area contributed by atoms with Crippen molar-refractivity contribution in [2.24, 2.45) is 11.7 Å². The molecule has 0 saturated carbocycles. The van der Waals surface area contributed by atoms with Gasteiger partial charge in [-0.15, -0.1) is 0 Å². The first-order valence-electron chi connectivity index (χ1n) is 6.13. The van der Waals surface area contributed by atoms with Crippen molar-refractivity contribution < 1.29 is 22.4 Å². The number of amides is 1. The van der Waals surface area contributed by atoms with Gasteiger partial charge in [-0.2, -0.15) is 22.5 Å². The van der Waals surface area contributed by atoms with Crippen LogP contribution in [0.3, 0.4) is 0 Å². The summed E-state index contributed by atoms with van der Waals surface area (Å²) in [6.07, 6.45) is 1.12. The minimum atomic E-state index is -1.67. The van der Waals surface area contributed by atoms with Crippen LogP contribution in [0.1, 0.15) is 19.3 Å². The Bertz CT molecular complexity index is 504. The Balaban J connectivity index is 2.17. The molecule has 2 heterocycles. The number of hydrogen-bond donors (Lipinski definition) is 1. The van der Waals surface area contributed by atoms with Crippen molar-refractivity contribution in [3.8, 4) is 0 Å². The molecule has 4 nitrogen and oxygen atoms in total. The van der Waals surface area contributed by atoms with Crippen LogP contribution < -0.4 is 10.6 Å². The number of nitrogens with zero attached hydrogens (tertiary/aromatic N) is 2. The van der Waals surface area contributed by atoms with Gasteiger partial charge in [0, 0.05) is 19.5 Å². The zero-order valence-electron chi connectivity index (χ0n) is 10.5. The van der Waals surface area contributed by atoms with Crippen molar-refractivity contribution in [2.75, 3.05) is 18.0 Å². The van der Waals surface area contributed by atoms with Gasteiger partial charge in [-0.05, 0) is 18.8 Å². The van der Waals surface area contributed by atoms with Gasteiger partial charge in [-0.25, -0.2) is 0 Å². The van der Waals surface area contributed by atoms with Gasteiger partial charge in [0.1, 0.15) is 5.69 Å². The number of aromatic nitrogens is 1. The summed E-state index contributed by atoms with van der Waals surface area (Å²) in [5.41, 5.74) is 4.33. The molecule has 1 aliphatic heterocycles. The lowest BCUT2D eigenvalue weighted by Crippen LogP contribution is -2.36. The second-order valence-electron chi connectivity index (χ2n) is 4.77. The Morgan fingerprint density at radius 1 is 1.15 bits per heavy atom. The summed E-state index contributed by atoms with van der Waals surface area (Å²) in [5.74, 6) is -6.76. The smallest absolute Gasteiger partial charge is 0.253 e. The van der Waals surface area contributed by atoms with Gasteiger partial charge in [-0.3, -0.25) is 4.79 Å². The Hall–Kier alpha value is -1.86. The predicted octanol–water partition coefficient (Wildman–Crippen LogP) is 1.73. The summed E-state index contributed by atoms with van der Waals surface area (Å²) < 4.78 is 53.2. The minimum Gasteiger partial charge on any atom is -0.370 e. The van der Waals surface area contributed by atoms with Gasteiger partial charge in [0.2, 0.25) is 17.5 Å². The molecule has 0 atom stereocenters. The molecule has 1 saturated heterocycles. The number of hydrogen-bond acceptors (Lipinski definition) is 3. The van der Waals surface area contributed by atoms with Crippen LogP contribution in [-0.4, -0.2) is 24.0 Å². The average Bonchev–Trinajstić information content (AvgIpc) is 2.38. The third-order valence-corrected chi connectivity index (χ3v) is 3.39. The Labute approximate surface area is 112 Å². The number of primary amides is 1. The van der Waals surface area contributed by atoms with Gasteiger partial charge in [0.05, 0.1) is 0 Å². The van der Waals surface area contributed by atoms with Crippen LogP contribution in [0.2, 0.25) is 0 Å². The fourth-order valence-corrected chi connectivity index (χ4v) is 2.40. The second-order valence-corrected chi connectivity index (χ2v) is 4.77. The maximum absolute atomic E-state index is 13.6. The van der Waals surface area contributed by atoms with Gasteiger partial charge in [0.15, 0.2) is 0 Å². The molecule has 8 heteroatoms. The van der Waals surface area contributed by atoms with Crippen molar-refractivity contribution in [1.29, 1.82) is 0 Å². The molecule has 2 rings (SSSR count). The number of halogens is 4. The number of pyridine rings is 1. The minimum absolute atomic E-state index is 0.0198. The Morgan fingerprint density at radius 2 is 1.65 bits per heavy atom. The highest BCUT2D eigenvalue weighted by Gasteiger charge is 2.28. The van der Waals surface area contributed by atoms with Gasteiger partial charge in [-0.1, -0.05) is 0 Å². The van der Waals surface area contributed by atoms with E-state index in [1.54, 1.807) is 0 Å². The van der Waals surface area contributed by atoms with E-state index in [9.17, 15) is 22.4 Å². The maximum Gasteiger partial charge on any atom is 0.253 e. The lowest BCUT2D eigenvalue weighted by molar-refractivity contribution is -0.119. The number of carbonyl (C=O) groups excluding carboxylic acids is 1. The number of nitrogens with two attached hydrogens (primary N) is 1. The Morgan fingerprint density at radius 3 is 2.10 bits per heavy atom. The molecule has 0 unspecified atom stereocenters. The van der Waals surface area contributed by atoms with Crippen molar-refractivity contribution >= 4 is 11.6 Å². The summed E-state index contributed by atoms with van der Waals surface area (Å²) in [6, 6.07) is 0. The largest absolute Gasteiger partial charge is 0.370 e. The molecule has 0 bridgehead atoms. The van der Waals surface area contributed by atoms with E-state index in [4.69, 9.17) is 5.73 Å². The number of rotatable bonds is 3. The molecule has 20 heavy (non-hydrogen) atoms. The second kappa shape index (κ2) is 5.64. The molecule has 1 aromatic heterocycles. The van der Waals surface area contributed by atoms with Gasteiger partial charge >= 0.3 is 0 Å². The molecule has 1 aromatic rings. The first kappa shape index (κ1) is 14.5. The quantitative estimate of drug-likeness (QED) is 0.681. The zero-order chi connectivity index (χ0) is 14.9. The fourth-order valence-electron chi connectivity index (χ4n) is 2.40. The van der Waals surface area contributed by atoms with E-state index < -0.39 is 35.1 Å². The molecule has 1 aliphatic rings. The van der Waals surface area contributed by atoms with Crippen LogP contribution in [0.25, 0.3) is 0 Å². The number of anilines is 1. The summed E-state index contributed by atoms with van der Waals surface area (Å²) >= 11 is 0. The molecule has 0 radical (unpaired) electrons. The van der Waals surface area contributed by atoms with E-state index in [2.05, 4.69) is 4.98 Å². The van der Waals surface area contributed by atoms with E-state index in [1.807, 2.05) is 0 Å². The topological polar surface area (TPSA) is 59.2 Å². The van der Waals surface area contributed by atoms with Crippen LogP contribution in [0.5, 0.6) is 0 Å². The standard InChI is InChI=1S/C12H13F4N3O/c13-8-10(9(14)12(16)18-11(8)15)19-3-1-6(2-4-19)5-7(17)20/h6H,1-5H2,(H2,17,20). The van der Waals surface area contributed by atoms with Gasteiger partial charge in [0.25, 0.3) is 11.9 Å². The van der Waals surface area contributed by atoms with E-state index >= 15 is 0 Å². The lowest BCUT2D eigenvalue weighted by Gasteiger charge is -2.33. The highest BCUT2D eigenvalue weighted by molar-refractivity contribution is 5.74. The van der Waals surface area contributed by atoms with Crippen LogP contribution >= 0.6 is 0 Å². The predicted molar refractivity (Wildman–Crippen MR) is 62.8 cm³/mol. The fraction of sp³-hybridized carbons (Fsp3) is 0.500. The highest BCUT2D eigenvalue weighted by Crippen LogP contribution is 2.30. The molecule has 1 amide bonds. The lowest BCUT2D eigenvalue weighted by atomic mass is 9.93. The van der Waals surface area contributed by atoms with Crippen molar-refractivity contribution in [1.82, 2.24) is 4.98 Å². The summed E-state index contributed by atoms with van der Waals surface area (Å²) in [4.78, 5) is 14.5. The SMILES string of the molecule is NC(=O)CC1CCN(c2c(F)c(F)nc(F)c2F)CC1. The monoisotopic (exact) mass is 291 g/mol. The van der Waals surface area contributed by atoms with E-state index in [0.717, 1.165) is 0 Å². The molecule has 2 N–H and O–H groups in total. The summed E-state index contributed by atoms with van der Waals surface area (Å²) in [5, 5.41) is 0. The van der Waals surface area contributed by atoms with Crippen LogP contribution in [0.15, 0.2) is 0 Å². The van der Waals surface area contributed by atoms with Gasteiger partial charge < -0.3 is 10.6 Å². The first-order valence-corrected chi connectivity index (χ1v) is 6.13. The highest BCUT2D eigenvalue weighted by atomic mass is 19.2. The molecular weight excluding hydrogens is 278 g/mol. The first-order chi connectivity index (χ1) is 9.40. The normalized spacial score (nSPS) is 16.5. The number of piperidine rings is 1. The average molecular weight is 291 g/mol. The molecule has 0 aliphatic carbocycles. The summed E-state index contributed by atoms with van der Waals surface area (Å²) in [7, 11) is 0. The van der Waals surface area contributed by atoms with Crippen molar-refractivity contribution in [2.45, 2.75) is 19.3 Å². The molecule has 110 valence electrons. The molecule has 1 fully saturated rings. The molecule has 0 aromatic carbocycles. The van der Waals surface area contributed by atoms with Crippen LogP contribution in [0, 0.1) is 29.4 Å². The van der Waals surface area contributed by atoms with Crippen LogP contribution in [0.4, 0.5) is 23.2 Å². The third kappa shape index (κ3) is 2.83. The number of carbonyl (C=O) groups is 1. The van der Waals surface area contributed by atoms with E-state index in [-0.39, 0.29) is 25.4 Å². The Kier molecular flexibility index (Phi) is 4.10. The van der Waals surface area contributed by atoms with Crippen LogP contribution in [-0.2, 0) is 4.79 Å². The summed E-state index contributed by atoms with van der Waals surface area (Å²) in [6.45, 7) is 0.378. The van der Waals surface area contributed by atoms with Crippen molar-refractivity contribution in [3.63, 3.8) is 0 Å². The zero-order valence-corrected chi connectivity index (χ0v) is 10.5. The molecular formula is C12H13F4N3O. The maximum atomic E-state index is 13.6. The molecule has 0 spiro atoms. The third-order valence-electron chi connectivity index (χ3n) is 3.39. The van der Waals surface area contributed by atoms with E-state index in [0.29, 0.717) is 12.8 Å². The van der Waals surface area contributed by atoms with Crippen molar-refractivity contribution in [3.05, 3.63) is 23.5 Å².